The van der Waals surface area contributed by atoms with E-state index in [0.29, 0.717) is 6.07 Å². The van der Waals surface area contributed by atoms with Gasteiger partial charge in [0.05, 0.1) is 19.3 Å². The van der Waals surface area contributed by atoms with Gasteiger partial charge in [-0.2, -0.15) is 4.39 Å². The minimum atomic E-state index is -1.52. The Morgan fingerprint density at radius 2 is 1.21 bits per heavy atom. The van der Waals surface area contributed by atoms with Crippen molar-refractivity contribution in [3.8, 4) is 5.75 Å². The van der Waals surface area contributed by atoms with E-state index < -0.39 is 46.7 Å². The van der Waals surface area contributed by atoms with Crippen molar-refractivity contribution in [1.82, 2.24) is 5.32 Å². The van der Waals surface area contributed by atoms with Crippen molar-refractivity contribution in [2.24, 2.45) is 0 Å². The summed E-state index contributed by atoms with van der Waals surface area (Å²) in [6.45, 7) is 3.86. The normalized spacial score (nSPS) is 11.8. The zero-order valence-electron chi connectivity index (χ0n) is 23.6. The number of hydrogen-bond acceptors (Lipinski definition) is 4. The molecule has 1 atom stereocenters. The van der Waals surface area contributed by atoms with Gasteiger partial charge in [-0.3, -0.25) is 4.79 Å². The Morgan fingerprint density at radius 1 is 0.763 bits per heavy atom. The molecule has 38 heavy (non-hydrogen) atoms. The summed E-state index contributed by atoms with van der Waals surface area (Å²) in [6.07, 6.45) is 21.4. The van der Waals surface area contributed by atoms with E-state index in [9.17, 15) is 22.8 Å². The predicted molar refractivity (Wildman–Crippen MR) is 145 cm³/mol. The number of unbranched alkanes of at least 4 members (excludes halogenated alkanes) is 16. The topological polar surface area (TPSA) is 64.6 Å². The van der Waals surface area contributed by atoms with Crippen LogP contribution in [0.4, 0.5) is 13.2 Å². The minimum absolute atomic E-state index is 0.227. The van der Waals surface area contributed by atoms with Crippen molar-refractivity contribution in [2.75, 3.05) is 13.7 Å². The van der Waals surface area contributed by atoms with Crippen LogP contribution in [0.25, 0.3) is 0 Å². The number of halogens is 3. The Kier molecular flexibility index (Phi) is 18.4. The highest BCUT2D eigenvalue weighted by Crippen LogP contribution is 2.27. The van der Waals surface area contributed by atoms with Gasteiger partial charge in [0.2, 0.25) is 5.82 Å². The fourth-order valence-electron chi connectivity index (χ4n) is 4.38. The van der Waals surface area contributed by atoms with Gasteiger partial charge in [-0.1, -0.05) is 110 Å². The number of benzene rings is 1. The maximum absolute atomic E-state index is 14.2. The minimum Gasteiger partial charge on any atom is -0.491 e. The zero-order chi connectivity index (χ0) is 28.2. The van der Waals surface area contributed by atoms with Crippen molar-refractivity contribution in [3.63, 3.8) is 0 Å². The fourth-order valence-corrected chi connectivity index (χ4v) is 4.38. The molecule has 1 unspecified atom stereocenters. The Bertz CT molecular complexity index is 819. The van der Waals surface area contributed by atoms with E-state index in [1.54, 1.807) is 0 Å². The number of rotatable bonds is 22. The first-order valence-electron chi connectivity index (χ1n) is 14.5. The van der Waals surface area contributed by atoms with Crippen LogP contribution in [0.15, 0.2) is 6.07 Å². The number of methoxy groups -OCH3 is 1. The van der Waals surface area contributed by atoms with Crippen LogP contribution in [-0.4, -0.2) is 31.6 Å². The lowest BCUT2D eigenvalue weighted by molar-refractivity contribution is -0.145. The van der Waals surface area contributed by atoms with E-state index in [0.717, 1.165) is 26.4 Å². The molecule has 1 aromatic rings. The van der Waals surface area contributed by atoms with Crippen molar-refractivity contribution >= 4 is 11.9 Å². The lowest BCUT2D eigenvalue weighted by Gasteiger charge is -2.15. The van der Waals surface area contributed by atoms with Gasteiger partial charge >= 0.3 is 5.97 Å². The zero-order valence-corrected chi connectivity index (χ0v) is 23.6. The maximum atomic E-state index is 14.2. The molecule has 0 heterocycles. The van der Waals surface area contributed by atoms with E-state index in [-0.39, 0.29) is 6.61 Å². The van der Waals surface area contributed by atoms with E-state index in [1.165, 1.54) is 96.8 Å². The molecule has 0 spiro atoms. The molecule has 1 rings (SSSR count). The lowest BCUT2D eigenvalue weighted by atomic mass is 10.0. The van der Waals surface area contributed by atoms with Gasteiger partial charge in [-0.05, 0) is 19.4 Å². The standard InChI is InChI=1S/C30H48F3NO4/c1-4-5-6-7-8-9-10-11-12-13-14-15-16-17-18-19-20-21-38-30(36)23(2)34-29(35)24-22-25(31)27(33)28(37-3)26(24)32/h22-23H,4-21H2,1-3H3,(H,34,35). The highest BCUT2D eigenvalue weighted by Gasteiger charge is 2.26. The number of amides is 1. The number of ether oxygens (including phenoxy) is 2. The Balaban J connectivity index is 2.05. The second-order valence-electron chi connectivity index (χ2n) is 10.1. The fraction of sp³-hybridized carbons (Fsp3) is 0.733. The molecule has 1 aromatic carbocycles. The molecule has 8 heteroatoms. The second kappa shape index (κ2) is 20.7. The summed E-state index contributed by atoms with van der Waals surface area (Å²) in [5.74, 6) is -7.03. The average Bonchev–Trinajstić information content (AvgIpc) is 2.90. The molecule has 0 aliphatic rings. The van der Waals surface area contributed by atoms with E-state index in [4.69, 9.17) is 4.74 Å². The Hall–Kier alpha value is -2.25. The molecule has 0 saturated carbocycles. The largest absolute Gasteiger partial charge is 0.491 e. The third-order valence-electron chi connectivity index (χ3n) is 6.76. The van der Waals surface area contributed by atoms with Gasteiger partial charge in [-0.25, -0.2) is 13.6 Å². The summed E-state index contributed by atoms with van der Waals surface area (Å²) in [4.78, 5) is 24.4. The lowest BCUT2D eigenvalue weighted by Crippen LogP contribution is -2.40. The van der Waals surface area contributed by atoms with Gasteiger partial charge in [0.1, 0.15) is 6.04 Å². The molecule has 1 N–H and O–H groups in total. The first-order chi connectivity index (χ1) is 18.3. The summed E-state index contributed by atoms with van der Waals surface area (Å²) in [7, 11) is 0.960. The first kappa shape index (κ1) is 33.8. The smallest absolute Gasteiger partial charge is 0.328 e. The molecule has 0 aromatic heterocycles. The molecule has 5 nitrogen and oxygen atoms in total. The van der Waals surface area contributed by atoms with Crippen LogP contribution in [-0.2, 0) is 9.53 Å². The summed E-state index contributed by atoms with van der Waals surface area (Å²) in [5, 5.41) is 2.25. The van der Waals surface area contributed by atoms with Crippen LogP contribution in [0.1, 0.15) is 133 Å². The van der Waals surface area contributed by atoms with Gasteiger partial charge < -0.3 is 14.8 Å². The summed E-state index contributed by atoms with van der Waals surface area (Å²) in [6, 6.07) is -0.649. The molecule has 0 saturated heterocycles. The molecule has 0 aliphatic carbocycles. The van der Waals surface area contributed by atoms with Crippen molar-refractivity contribution in [3.05, 3.63) is 29.1 Å². The molecule has 0 radical (unpaired) electrons. The number of carbonyl (C=O) groups excluding carboxylic acids is 2. The van der Waals surface area contributed by atoms with Crippen LogP contribution in [0.5, 0.6) is 5.75 Å². The average molecular weight is 544 g/mol. The maximum Gasteiger partial charge on any atom is 0.328 e. The van der Waals surface area contributed by atoms with Gasteiger partial charge in [0, 0.05) is 0 Å². The summed E-state index contributed by atoms with van der Waals surface area (Å²) >= 11 is 0. The number of carbonyl (C=O) groups is 2. The monoisotopic (exact) mass is 543 g/mol. The van der Waals surface area contributed by atoms with Crippen LogP contribution in [0.3, 0.4) is 0 Å². The first-order valence-corrected chi connectivity index (χ1v) is 14.5. The molecule has 0 fully saturated rings. The summed E-state index contributed by atoms with van der Waals surface area (Å²) < 4.78 is 51.1. The van der Waals surface area contributed by atoms with Crippen LogP contribution in [0, 0.1) is 17.5 Å². The molecular weight excluding hydrogens is 495 g/mol. The quantitative estimate of drug-likeness (QED) is 0.0906. The van der Waals surface area contributed by atoms with Gasteiger partial charge in [-0.15, -0.1) is 0 Å². The van der Waals surface area contributed by atoms with Gasteiger partial charge in [0.25, 0.3) is 5.91 Å². The van der Waals surface area contributed by atoms with Crippen molar-refractivity contribution < 1.29 is 32.2 Å². The Labute approximate surface area is 227 Å². The summed E-state index contributed by atoms with van der Waals surface area (Å²) in [5.41, 5.74) is -0.756. The van der Waals surface area contributed by atoms with E-state index in [1.807, 2.05) is 0 Å². The Morgan fingerprint density at radius 3 is 1.66 bits per heavy atom. The molecule has 1 amide bonds. The molecule has 0 aliphatic heterocycles. The third kappa shape index (κ3) is 13.5. The van der Waals surface area contributed by atoms with Crippen LogP contribution < -0.4 is 10.1 Å². The third-order valence-corrected chi connectivity index (χ3v) is 6.76. The number of nitrogens with one attached hydrogen (secondary N) is 1. The predicted octanol–water partition coefficient (Wildman–Crippen LogP) is 8.43. The number of esters is 1. The van der Waals surface area contributed by atoms with E-state index >= 15 is 0 Å². The SMILES string of the molecule is CCCCCCCCCCCCCCCCCCCOC(=O)C(C)NC(=O)c1cc(F)c(F)c(OC)c1F. The second-order valence-corrected chi connectivity index (χ2v) is 10.1. The highest BCUT2D eigenvalue weighted by atomic mass is 19.2. The van der Waals surface area contributed by atoms with Gasteiger partial charge in [0.15, 0.2) is 17.4 Å². The van der Waals surface area contributed by atoms with Crippen LogP contribution in [0.2, 0.25) is 0 Å². The van der Waals surface area contributed by atoms with Crippen molar-refractivity contribution in [2.45, 2.75) is 129 Å². The molecule has 218 valence electrons. The van der Waals surface area contributed by atoms with E-state index in [2.05, 4.69) is 17.0 Å². The van der Waals surface area contributed by atoms with Crippen LogP contribution >= 0.6 is 0 Å². The number of hydrogen-bond donors (Lipinski definition) is 1. The van der Waals surface area contributed by atoms with Crippen molar-refractivity contribution in [1.29, 1.82) is 0 Å². The highest BCUT2D eigenvalue weighted by molar-refractivity contribution is 5.97. The molecule has 0 bridgehead atoms. The molecular formula is C30H48F3NO4.